The minimum atomic E-state index is -1.02. The molecule has 7 heteroatoms. The molecule has 0 bridgehead atoms. The number of nitrogens with two attached hydrogens (primary N) is 1. The predicted octanol–water partition coefficient (Wildman–Crippen LogP) is 0.123. The highest BCUT2D eigenvalue weighted by atomic mass is 16.4. The summed E-state index contributed by atoms with van der Waals surface area (Å²) in [6, 6.07) is 3.05. The molecule has 0 unspecified atom stereocenters. The Morgan fingerprint density at radius 1 is 1.28 bits per heavy atom. The maximum atomic E-state index is 10.9. The third kappa shape index (κ3) is 2.51. The van der Waals surface area contributed by atoms with E-state index in [0.717, 1.165) is 0 Å². The molecule has 0 aliphatic carbocycles. The molecule has 0 aliphatic rings. The Labute approximate surface area is 102 Å². The van der Waals surface area contributed by atoms with Gasteiger partial charge in [0.1, 0.15) is 0 Å². The van der Waals surface area contributed by atoms with E-state index in [0.29, 0.717) is 17.8 Å². The summed E-state index contributed by atoms with van der Waals surface area (Å²) in [5.74, 6) is -1.57. The second kappa shape index (κ2) is 4.66. The second-order valence-electron chi connectivity index (χ2n) is 3.63. The molecule has 7 nitrogen and oxygen atoms in total. The number of carboxylic acid groups (broad SMARTS) is 1. The molecule has 0 atom stereocenters. The number of carbonyl (C=O) groups is 2. The number of pyridine rings is 1. The van der Waals surface area contributed by atoms with Gasteiger partial charge in [-0.3, -0.25) is 14.5 Å². The van der Waals surface area contributed by atoms with Crippen LogP contribution in [-0.2, 0) is 6.54 Å². The first kappa shape index (κ1) is 11.8. The Morgan fingerprint density at radius 2 is 2.06 bits per heavy atom. The number of nitrogens with zero attached hydrogens (tertiary/aromatic N) is 3. The van der Waals surface area contributed by atoms with Gasteiger partial charge in [-0.2, -0.15) is 5.10 Å². The first-order valence-electron chi connectivity index (χ1n) is 5.07. The van der Waals surface area contributed by atoms with Crippen LogP contribution in [0.1, 0.15) is 26.4 Å². The first-order valence-corrected chi connectivity index (χ1v) is 5.07. The van der Waals surface area contributed by atoms with E-state index in [9.17, 15) is 9.59 Å². The second-order valence-corrected chi connectivity index (χ2v) is 3.63. The zero-order chi connectivity index (χ0) is 13.1. The van der Waals surface area contributed by atoms with Gasteiger partial charge in [-0.15, -0.1) is 0 Å². The maximum absolute atomic E-state index is 10.9. The van der Waals surface area contributed by atoms with Crippen molar-refractivity contribution in [2.24, 2.45) is 5.73 Å². The van der Waals surface area contributed by atoms with Crippen molar-refractivity contribution < 1.29 is 14.7 Å². The summed E-state index contributed by atoms with van der Waals surface area (Å²) in [7, 11) is 0. The summed E-state index contributed by atoms with van der Waals surface area (Å²) < 4.78 is 1.50. The molecule has 2 heterocycles. The molecule has 92 valence electrons. The van der Waals surface area contributed by atoms with Crippen LogP contribution in [-0.4, -0.2) is 31.7 Å². The van der Waals surface area contributed by atoms with Crippen LogP contribution >= 0.6 is 0 Å². The molecule has 0 saturated carbocycles. The number of primary amides is 1. The number of hydrogen-bond donors (Lipinski definition) is 2. The van der Waals surface area contributed by atoms with Crippen molar-refractivity contribution in [1.82, 2.24) is 14.8 Å². The van der Waals surface area contributed by atoms with Gasteiger partial charge >= 0.3 is 5.97 Å². The van der Waals surface area contributed by atoms with Crippen molar-refractivity contribution >= 4 is 11.9 Å². The summed E-state index contributed by atoms with van der Waals surface area (Å²) in [5, 5.41) is 12.7. The van der Waals surface area contributed by atoms with Gasteiger partial charge in [0.15, 0.2) is 0 Å². The average molecular weight is 246 g/mol. The Balaban J connectivity index is 2.13. The lowest BCUT2D eigenvalue weighted by molar-refractivity contribution is 0.0696. The molecule has 18 heavy (non-hydrogen) atoms. The third-order valence-electron chi connectivity index (χ3n) is 2.31. The Hall–Kier alpha value is -2.70. The number of carboxylic acids is 1. The summed E-state index contributed by atoms with van der Waals surface area (Å²) in [5.41, 5.74) is 6.18. The molecule has 0 saturated heterocycles. The van der Waals surface area contributed by atoms with Crippen molar-refractivity contribution in [2.75, 3.05) is 0 Å². The Bertz CT molecular complexity index is 589. The molecule has 2 aromatic rings. The number of aromatic carboxylic acids is 1. The molecule has 0 spiro atoms. The smallest absolute Gasteiger partial charge is 0.337 e. The van der Waals surface area contributed by atoms with Crippen LogP contribution in [0.25, 0.3) is 0 Å². The van der Waals surface area contributed by atoms with Crippen molar-refractivity contribution in [2.45, 2.75) is 6.54 Å². The highest BCUT2D eigenvalue weighted by Crippen LogP contribution is 2.03. The molecule has 2 aromatic heterocycles. The van der Waals surface area contributed by atoms with Crippen LogP contribution in [0, 0.1) is 0 Å². The molecular formula is C11H10N4O3. The van der Waals surface area contributed by atoms with E-state index < -0.39 is 11.9 Å². The number of amides is 1. The fraction of sp³-hybridized carbons (Fsp3) is 0.0909. The van der Waals surface area contributed by atoms with Crippen LogP contribution in [0.4, 0.5) is 0 Å². The SMILES string of the molecule is NC(=O)c1cnn(Cc2ccc(C(=O)O)cn2)c1. The molecule has 0 radical (unpaired) electrons. The van der Waals surface area contributed by atoms with Gasteiger partial charge in [-0.05, 0) is 12.1 Å². The Morgan fingerprint density at radius 3 is 2.56 bits per heavy atom. The lowest BCUT2D eigenvalue weighted by Crippen LogP contribution is -2.10. The van der Waals surface area contributed by atoms with E-state index in [1.54, 1.807) is 6.07 Å². The zero-order valence-electron chi connectivity index (χ0n) is 9.28. The highest BCUT2D eigenvalue weighted by Gasteiger charge is 2.06. The predicted molar refractivity (Wildman–Crippen MR) is 61.0 cm³/mol. The minimum Gasteiger partial charge on any atom is -0.478 e. The number of rotatable bonds is 4. The van der Waals surface area contributed by atoms with Crippen LogP contribution in [0.3, 0.4) is 0 Å². The molecule has 1 amide bonds. The number of carbonyl (C=O) groups excluding carboxylic acids is 1. The molecule has 0 aromatic carbocycles. The van der Waals surface area contributed by atoms with Gasteiger partial charge in [-0.1, -0.05) is 0 Å². The van der Waals surface area contributed by atoms with E-state index in [-0.39, 0.29) is 5.56 Å². The molecule has 0 aliphatic heterocycles. The number of hydrogen-bond acceptors (Lipinski definition) is 4. The third-order valence-corrected chi connectivity index (χ3v) is 2.31. The lowest BCUT2D eigenvalue weighted by atomic mass is 10.2. The summed E-state index contributed by atoms with van der Waals surface area (Å²) >= 11 is 0. The van der Waals surface area contributed by atoms with E-state index in [1.165, 1.54) is 29.3 Å². The summed E-state index contributed by atoms with van der Waals surface area (Å²) in [6.07, 6.45) is 4.15. The van der Waals surface area contributed by atoms with Crippen molar-refractivity contribution in [3.05, 3.63) is 47.5 Å². The summed E-state index contributed by atoms with van der Waals surface area (Å²) in [6.45, 7) is 0.340. The van der Waals surface area contributed by atoms with E-state index in [2.05, 4.69) is 10.1 Å². The minimum absolute atomic E-state index is 0.122. The van der Waals surface area contributed by atoms with Gasteiger partial charge in [0.05, 0.1) is 29.6 Å². The molecular weight excluding hydrogens is 236 g/mol. The van der Waals surface area contributed by atoms with Crippen molar-refractivity contribution in [3.63, 3.8) is 0 Å². The van der Waals surface area contributed by atoms with Crippen LogP contribution in [0.5, 0.6) is 0 Å². The van der Waals surface area contributed by atoms with E-state index in [4.69, 9.17) is 10.8 Å². The van der Waals surface area contributed by atoms with E-state index in [1.807, 2.05) is 0 Å². The maximum Gasteiger partial charge on any atom is 0.337 e. The monoisotopic (exact) mass is 246 g/mol. The standard InChI is InChI=1S/C11H10N4O3/c12-10(16)8-4-14-15(5-8)6-9-2-1-7(3-13-9)11(17)18/h1-5H,6H2,(H2,12,16)(H,17,18). The van der Waals surface area contributed by atoms with E-state index >= 15 is 0 Å². The molecule has 0 fully saturated rings. The van der Waals surface area contributed by atoms with Gasteiger partial charge in [0.2, 0.25) is 0 Å². The van der Waals surface area contributed by atoms with Crippen LogP contribution in [0.15, 0.2) is 30.7 Å². The zero-order valence-corrected chi connectivity index (χ0v) is 9.28. The fourth-order valence-corrected chi connectivity index (χ4v) is 1.39. The van der Waals surface area contributed by atoms with Gasteiger partial charge in [0, 0.05) is 12.4 Å². The summed E-state index contributed by atoms with van der Waals surface area (Å²) in [4.78, 5) is 25.5. The molecule has 2 rings (SSSR count). The largest absolute Gasteiger partial charge is 0.478 e. The van der Waals surface area contributed by atoms with Crippen molar-refractivity contribution in [3.8, 4) is 0 Å². The fourth-order valence-electron chi connectivity index (χ4n) is 1.39. The van der Waals surface area contributed by atoms with Gasteiger partial charge < -0.3 is 10.8 Å². The van der Waals surface area contributed by atoms with Gasteiger partial charge in [0.25, 0.3) is 5.91 Å². The van der Waals surface area contributed by atoms with Crippen molar-refractivity contribution in [1.29, 1.82) is 0 Å². The molecule has 3 N–H and O–H groups in total. The Kier molecular flexibility index (Phi) is 3.05. The average Bonchev–Trinajstić information content (AvgIpc) is 2.78. The quantitative estimate of drug-likeness (QED) is 0.796. The highest BCUT2D eigenvalue weighted by molar-refractivity contribution is 5.92. The van der Waals surface area contributed by atoms with Crippen LogP contribution < -0.4 is 5.73 Å². The first-order chi connectivity index (χ1) is 8.56. The van der Waals surface area contributed by atoms with Crippen LogP contribution in [0.2, 0.25) is 0 Å². The normalized spacial score (nSPS) is 10.2. The lowest BCUT2D eigenvalue weighted by Gasteiger charge is -2.01. The number of aromatic nitrogens is 3. The van der Waals surface area contributed by atoms with Gasteiger partial charge in [-0.25, -0.2) is 4.79 Å². The topological polar surface area (TPSA) is 111 Å².